The molecular formula is C25H36NO3+. The van der Waals surface area contributed by atoms with Gasteiger partial charge in [0.2, 0.25) is 0 Å². The van der Waals surface area contributed by atoms with Crippen LogP contribution in [-0.2, 0) is 9.63 Å². The minimum Gasteiger partial charge on any atom is -0.494 e. The standard InChI is InChI=1S/C25H36NO3/c1-3-19-26(2)20-18-25(29-26)13-9-7-5-4-6-8-10-22-28-24-16-14-23(15-17-24)12-11-21-27/h1,11-12,14-17,21,25H,4-10,13,18-20,22H2,2H3/q+1/b12-11+. The summed E-state index contributed by atoms with van der Waals surface area (Å²) in [5, 5.41) is 0. The van der Waals surface area contributed by atoms with E-state index >= 15 is 0 Å². The molecule has 1 aromatic carbocycles. The fourth-order valence-corrected chi connectivity index (χ4v) is 3.76. The number of unbranched alkanes of at least 4 members (excludes halogenated alkanes) is 6. The predicted molar refractivity (Wildman–Crippen MR) is 118 cm³/mol. The molecule has 0 N–H and O–H groups in total. The third-order valence-electron chi connectivity index (χ3n) is 5.44. The number of terminal acetylenes is 1. The monoisotopic (exact) mass is 398 g/mol. The van der Waals surface area contributed by atoms with Crippen LogP contribution in [0.2, 0.25) is 0 Å². The molecule has 0 amide bonds. The van der Waals surface area contributed by atoms with E-state index in [1.807, 2.05) is 24.3 Å². The van der Waals surface area contributed by atoms with E-state index in [4.69, 9.17) is 16.0 Å². The molecule has 0 radical (unpaired) electrons. The molecule has 1 aliphatic heterocycles. The number of aldehydes is 1. The number of benzene rings is 1. The lowest BCUT2D eigenvalue weighted by Crippen LogP contribution is -2.40. The zero-order valence-electron chi connectivity index (χ0n) is 17.9. The Morgan fingerprint density at radius 2 is 1.83 bits per heavy atom. The van der Waals surface area contributed by atoms with Crippen molar-refractivity contribution in [2.24, 2.45) is 0 Å². The fourth-order valence-electron chi connectivity index (χ4n) is 3.76. The number of allylic oxidation sites excluding steroid dienone is 1. The van der Waals surface area contributed by atoms with Gasteiger partial charge >= 0.3 is 0 Å². The van der Waals surface area contributed by atoms with Crippen LogP contribution < -0.4 is 4.74 Å². The highest BCUT2D eigenvalue weighted by molar-refractivity contribution is 5.73. The topological polar surface area (TPSA) is 35.5 Å². The minimum absolute atomic E-state index is 0.389. The SMILES string of the molecule is C#CC[N+]1(C)CCC(CCCCCCCCCOc2ccc(/C=C/C=O)cc2)O1. The predicted octanol–water partition coefficient (Wildman–Crippen LogP) is 5.18. The maximum Gasteiger partial charge on any atom is 0.170 e. The van der Waals surface area contributed by atoms with Gasteiger partial charge in [0.1, 0.15) is 24.7 Å². The number of rotatable bonds is 14. The second-order valence-electron chi connectivity index (χ2n) is 8.08. The van der Waals surface area contributed by atoms with Crippen molar-refractivity contribution in [1.29, 1.82) is 0 Å². The highest BCUT2D eigenvalue weighted by atomic mass is 16.7. The molecule has 2 rings (SSSR count). The molecule has 29 heavy (non-hydrogen) atoms. The van der Waals surface area contributed by atoms with Gasteiger partial charge in [-0.15, -0.1) is 6.42 Å². The number of hydrogen-bond acceptors (Lipinski definition) is 3. The van der Waals surface area contributed by atoms with Gasteiger partial charge in [0.05, 0.1) is 13.7 Å². The first kappa shape index (κ1) is 23.2. The van der Waals surface area contributed by atoms with Gasteiger partial charge < -0.3 is 4.74 Å². The zero-order valence-corrected chi connectivity index (χ0v) is 17.9. The highest BCUT2D eigenvalue weighted by Crippen LogP contribution is 2.24. The van der Waals surface area contributed by atoms with Crippen LogP contribution in [0.15, 0.2) is 30.3 Å². The maximum absolute atomic E-state index is 10.3. The van der Waals surface area contributed by atoms with Crippen molar-refractivity contribution in [3.63, 3.8) is 0 Å². The average Bonchev–Trinajstić information content (AvgIpc) is 3.09. The van der Waals surface area contributed by atoms with Crippen molar-refractivity contribution in [3.8, 4) is 18.1 Å². The molecule has 1 fully saturated rings. The molecule has 4 nitrogen and oxygen atoms in total. The number of quaternary nitrogens is 1. The van der Waals surface area contributed by atoms with Gasteiger partial charge in [-0.1, -0.05) is 56.7 Å². The molecule has 0 bridgehead atoms. The van der Waals surface area contributed by atoms with E-state index in [0.717, 1.165) is 50.0 Å². The smallest absolute Gasteiger partial charge is 0.170 e. The van der Waals surface area contributed by atoms with E-state index in [1.165, 1.54) is 44.6 Å². The molecule has 2 atom stereocenters. The Hall–Kier alpha value is -2.09. The van der Waals surface area contributed by atoms with Gasteiger partial charge in [-0.3, -0.25) is 4.79 Å². The molecule has 1 heterocycles. The largest absolute Gasteiger partial charge is 0.494 e. The molecule has 1 aliphatic rings. The number of nitrogens with zero attached hydrogens (tertiary/aromatic N) is 1. The summed E-state index contributed by atoms with van der Waals surface area (Å²) < 4.78 is 6.37. The van der Waals surface area contributed by atoms with E-state index in [2.05, 4.69) is 13.0 Å². The van der Waals surface area contributed by atoms with Crippen LogP contribution in [0.25, 0.3) is 6.08 Å². The van der Waals surface area contributed by atoms with E-state index in [0.29, 0.717) is 17.3 Å². The van der Waals surface area contributed by atoms with Crippen molar-refractivity contribution in [3.05, 3.63) is 35.9 Å². The van der Waals surface area contributed by atoms with Crippen LogP contribution >= 0.6 is 0 Å². The van der Waals surface area contributed by atoms with E-state index < -0.39 is 0 Å². The van der Waals surface area contributed by atoms with Gasteiger partial charge in [-0.05, 0) is 42.5 Å². The Balaban J connectivity index is 1.41. The second kappa shape index (κ2) is 13.2. The molecular weight excluding hydrogens is 362 g/mol. The number of hydrogen-bond donors (Lipinski definition) is 0. The van der Waals surface area contributed by atoms with Crippen molar-refractivity contribution in [2.45, 2.75) is 63.9 Å². The highest BCUT2D eigenvalue weighted by Gasteiger charge is 2.35. The first-order valence-electron chi connectivity index (χ1n) is 11.0. The van der Waals surface area contributed by atoms with Gasteiger partial charge in [-0.25, -0.2) is 0 Å². The molecule has 1 saturated heterocycles. The van der Waals surface area contributed by atoms with E-state index in [1.54, 1.807) is 6.08 Å². The van der Waals surface area contributed by atoms with E-state index in [-0.39, 0.29) is 0 Å². The second-order valence-corrected chi connectivity index (χ2v) is 8.08. The van der Waals surface area contributed by atoms with Crippen LogP contribution in [0.3, 0.4) is 0 Å². The van der Waals surface area contributed by atoms with Crippen molar-refractivity contribution in [1.82, 2.24) is 0 Å². The van der Waals surface area contributed by atoms with Crippen molar-refractivity contribution < 1.29 is 19.0 Å². The lowest BCUT2D eigenvalue weighted by atomic mass is 10.1. The summed E-state index contributed by atoms with van der Waals surface area (Å²) in [6.07, 6.45) is 20.9. The lowest BCUT2D eigenvalue weighted by Gasteiger charge is -2.23. The maximum atomic E-state index is 10.3. The molecule has 2 unspecified atom stereocenters. The minimum atomic E-state index is 0.389. The number of ether oxygens (including phenoxy) is 1. The summed E-state index contributed by atoms with van der Waals surface area (Å²) >= 11 is 0. The van der Waals surface area contributed by atoms with Crippen LogP contribution in [0.4, 0.5) is 0 Å². The first-order chi connectivity index (χ1) is 14.1. The zero-order chi connectivity index (χ0) is 20.8. The van der Waals surface area contributed by atoms with Gasteiger partial charge in [0.25, 0.3) is 0 Å². The summed E-state index contributed by atoms with van der Waals surface area (Å²) in [4.78, 5) is 16.4. The van der Waals surface area contributed by atoms with Gasteiger partial charge in [0.15, 0.2) is 6.54 Å². The fraction of sp³-hybridized carbons (Fsp3) is 0.560. The van der Waals surface area contributed by atoms with Crippen LogP contribution in [0, 0.1) is 12.3 Å². The third-order valence-corrected chi connectivity index (χ3v) is 5.44. The van der Waals surface area contributed by atoms with Crippen molar-refractivity contribution >= 4 is 12.4 Å². The first-order valence-corrected chi connectivity index (χ1v) is 11.0. The molecule has 4 heteroatoms. The Labute approximate surface area is 176 Å². The molecule has 158 valence electrons. The summed E-state index contributed by atoms with van der Waals surface area (Å²) in [6, 6.07) is 7.82. The normalized spacial score (nSPS) is 21.3. The van der Waals surface area contributed by atoms with Gasteiger partial charge in [0, 0.05) is 6.42 Å². The molecule has 0 aromatic heterocycles. The summed E-state index contributed by atoms with van der Waals surface area (Å²) in [7, 11) is 2.09. The van der Waals surface area contributed by atoms with Gasteiger partial charge in [-0.2, -0.15) is 9.48 Å². The van der Waals surface area contributed by atoms with Crippen LogP contribution in [0.1, 0.15) is 63.4 Å². The molecule has 0 spiro atoms. The van der Waals surface area contributed by atoms with E-state index in [9.17, 15) is 4.79 Å². The average molecular weight is 399 g/mol. The molecule has 0 saturated carbocycles. The van der Waals surface area contributed by atoms with Crippen LogP contribution in [0.5, 0.6) is 5.75 Å². The number of carbonyl (C=O) groups excluding carboxylic acids is 1. The molecule has 1 aromatic rings. The third kappa shape index (κ3) is 9.30. The van der Waals surface area contributed by atoms with Crippen molar-refractivity contribution in [2.75, 3.05) is 26.7 Å². The van der Waals surface area contributed by atoms with Crippen LogP contribution in [-0.4, -0.2) is 43.8 Å². The Morgan fingerprint density at radius 3 is 2.52 bits per heavy atom. The molecule has 0 aliphatic carbocycles. The lowest BCUT2D eigenvalue weighted by molar-refractivity contribution is -1.07. The summed E-state index contributed by atoms with van der Waals surface area (Å²) in [5.74, 6) is 3.61. The quantitative estimate of drug-likeness (QED) is 0.142. The number of hydroxylamine groups is 3. The summed E-state index contributed by atoms with van der Waals surface area (Å²) in [6.45, 7) is 2.47. The Bertz CT molecular complexity index is 662. The number of carbonyl (C=O) groups is 1. The Kier molecular flexibility index (Phi) is 10.5. The summed E-state index contributed by atoms with van der Waals surface area (Å²) in [5.41, 5.74) is 1.00. The Morgan fingerprint density at radius 1 is 1.14 bits per heavy atom.